The summed E-state index contributed by atoms with van der Waals surface area (Å²) in [4.78, 5) is 16.2. The van der Waals surface area contributed by atoms with Crippen LogP contribution in [0.5, 0.6) is 0 Å². The molecule has 4 heterocycles. The molecular formula is C22H31N9O. The fourth-order valence-electron chi connectivity index (χ4n) is 3.66. The lowest BCUT2D eigenvalue weighted by Gasteiger charge is -2.34. The van der Waals surface area contributed by atoms with Crippen molar-refractivity contribution in [2.75, 3.05) is 42.3 Å². The highest BCUT2D eigenvalue weighted by Gasteiger charge is 2.20. The van der Waals surface area contributed by atoms with E-state index in [1.807, 2.05) is 25.1 Å². The van der Waals surface area contributed by atoms with Gasteiger partial charge in [-0.15, -0.1) is 10.2 Å². The molecule has 0 spiro atoms. The largest absolute Gasteiger partial charge is 0.375 e. The average molecular weight is 438 g/mol. The van der Waals surface area contributed by atoms with E-state index in [9.17, 15) is 0 Å². The van der Waals surface area contributed by atoms with E-state index in [4.69, 9.17) is 14.7 Å². The van der Waals surface area contributed by atoms with Crippen LogP contribution < -0.4 is 20.9 Å². The molecule has 3 aromatic heterocycles. The van der Waals surface area contributed by atoms with Crippen LogP contribution in [0, 0.1) is 0 Å². The van der Waals surface area contributed by atoms with Crippen LogP contribution in [-0.2, 0) is 4.74 Å². The van der Waals surface area contributed by atoms with Gasteiger partial charge in [0.2, 0.25) is 5.95 Å². The summed E-state index contributed by atoms with van der Waals surface area (Å²) < 4.78 is 5.44. The van der Waals surface area contributed by atoms with Gasteiger partial charge in [-0.3, -0.25) is 0 Å². The fourth-order valence-corrected chi connectivity index (χ4v) is 3.66. The van der Waals surface area contributed by atoms with Crippen molar-refractivity contribution in [3.8, 4) is 0 Å². The molecule has 1 fully saturated rings. The van der Waals surface area contributed by atoms with Crippen LogP contribution in [0.4, 0.5) is 23.4 Å². The number of aromatic nitrogens is 5. The number of fused-ring (bicyclic) bond motifs is 1. The van der Waals surface area contributed by atoms with Crippen LogP contribution >= 0.6 is 0 Å². The maximum Gasteiger partial charge on any atom is 0.229 e. The smallest absolute Gasteiger partial charge is 0.229 e. The molecule has 10 nitrogen and oxygen atoms in total. The Balaban J connectivity index is 1.59. The number of methoxy groups -OCH3 is 1. The number of anilines is 4. The van der Waals surface area contributed by atoms with E-state index in [1.165, 1.54) is 0 Å². The summed E-state index contributed by atoms with van der Waals surface area (Å²) in [5.41, 5.74) is 1.57. The molecule has 1 aliphatic heterocycles. The minimum Gasteiger partial charge on any atom is -0.375 e. The second kappa shape index (κ2) is 9.58. The minimum absolute atomic E-state index is 0.128. The Bertz CT molecular complexity index is 1060. The van der Waals surface area contributed by atoms with Crippen molar-refractivity contribution < 1.29 is 4.74 Å². The summed E-state index contributed by atoms with van der Waals surface area (Å²) in [5, 5.41) is 19.6. The molecule has 0 radical (unpaired) electrons. The van der Waals surface area contributed by atoms with Crippen molar-refractivity contribution in [3.05, 3.63) is 30.1 Å². The predicted molar refractivity (Wildman–Crippen MR) is 127 cm³/mol. The number of hydrogen-bond acceptors (Lipinski definition) is 10. The van der Waals surface area contributed by atoms with Crippen LogP contribution in [0.15, 0.2) is 24.4 Å². The summed E-state index contributed by atoms with van der Waals surface area (Å²) in [6.45, 7) is 11.1. The predicted octanol–water partition coefficient (Wildman–Crippen LogP) is 2.88. The van der Waals surface area contributed by atoms with Crippen LogP contribution in [0.1, 0.15) is 39.5 Å². The average Bonchev–Trinajstić information content (AvgIpc) is 2.79. The van der Waals surface area contributed by atoms with Crippen molar-refractivity contribution in [3.63, 3.8) is 0 Å². The van der Waals surface area contributed by atoms with E-state index in [0.29, 0.717) is 23.6 Å². The van der Waals surface area contributed by atoms with Crippen LogP contribution in [0.3, 0.4) is 0 Å². The lowest BCUT2D eigenvalue weighted by molar-refractivity contribution is 0.116. The summed E-state index contributed by atoms with van der Waals surface area (Å²) in [6.07, 6.45) is 1.66. The molecular weight excluding hydrogens is 406 g/mol. The number of rotatable bonds is 7. The number of nitrogens with one attached hydrogen (secondary N) is 3. The van der Waals surface area contributed by atoms with Gasteiger partial charge in [0.1, 0.15) is 5.52 Å². The Hall–Kier alpha value is -3.11. The third-order valence-corrected chi connectivity index (χ3v) is 5.47. The van der Waals surface area contributed by atoms with Gasteiger partial charge >= 0.3 is 0 Å². The Morgan fingerprint density at radius 3 is 2.72 bits per heavy atom. The molecule has 3 aromatic rings. The number of ether oxygens (including phenoxy) is 1. The molecule has 2 atom stereocenters. The van der Waals surface area contributed by atoms with E-state index in [2.05, 4.69) is 56.8 Å². The number of piperazine rings is 1. The highest BCUT2D eigenvalue weighted by Crippen LogP contribution is 2.26. The van der Waals surface area contributed by atoms with Crippen LogP contribution in [-0.4, -0.2) is 64.0 Å². The highest BCUT2D eigenvalue weighted by atomic mass is 16.5. The molecule has 1 saturated heterocycles. The standard InChI is InChI=1S/C22H31N9O/c1-13(2)25-21-20-16(10-17(26-21)15(4)32-5)12-24-22(28-20)27-18-6-7-19(30-29-18)31-9-8-23-11-14(31)3/h6-7,10,12-15,23H,8-9,11H2,1-5H3,(H,25,26)(H,24,27,28,29)/t14-,15-/m1/s1. The third kappa shape index (κ3) is 4.86. The molecule has 170 valence electrons. The van der Waals surface area contributed by atoms with E-state index >= 15 is 0 Å². The molecule has 0 unspecified atom stereocenters. The maximum atomic E-state index is 5.44. The van der Waals surface area contributed by atoms with Gasteiger partial charge in [0.15, 0.2) is 17.5 Å². The first-order chi connectivity index (χ1) is 15.4. The van der Waals surface area contributed by atoms with Crippen molar-refractivity contribution in [2.45, 2.75) is 45.9 Å². The Morgan fingerprint density at radius 2 is 2.03 bits per heavy atom. The minimum atomic E-state index is -0.128. The summed E-state index contributed by atoms with van der Waals surface area (Å²) in [6, 6.07) is 6.42. The third-order valence-electron chi connectivity index (χ3n) is 5.47. The van der Waals surface area contributed by atoms with Gasteiger partial charge in [0, 0.05) is 50.4 Å². The summed E-state index contributed by atoms with van der Waals surface area (Å²) in [7, 11) is 1.67. The van der Waals surface area contributed by atoms with Gasteiger partial charge < -0.3 is 25.6 Å². The van der Waals surface area contributed by atoms with Crippen LogP contribution in [0.2, 0.25) is 0 Å². The Kier molecular flexibility index (Phi) is 6.61. The lowest BCUT2D eigenvalue weighted by Crippen LogP contribution is -2.50. The van der Waals surface area contributed by atoms with Gasteiger partial charge in [0.05, 0.1) is 11.8 Å². The fraction of sp³-hybridized carbons (Fsp3) is 0.500. The molecule has 4 rings (SSSR count). The van der Waals surface area contributed by atoms with E-state index < -0.39 is 0 Å². The molecule has 0 saturated carbocycles. The molecule has 0 bridgehead atoms. The zero-order chi connectivity index (χ0) is 22.7. The molecule has 10 heteroatoms. The normalized spacial score (nSPS) is 17.6. The Labute approximate surface area is 188 Å². The monoisotopic (exact) mass is 437 g/mol. The van der Waals surface area contributed by atoms with E-state index in [1.54, 1.807) is 13.3 Å². The molecule has 0 amide bonds. The van der Waals surface area contributed by atoms with E-state index in [-0.39, 0.29) is 12.1 Å². The zero-order valence-corrected chi connectivity index (χ0v) is 19.3. The second-order valence-electron chi connectivity index (χ2n) is 8.35. The molecule has 32 heavy (non-hydrogen) atoms. The van der Waals surface area contributed by atoms with Gasteiger partial charge in [-0.2, -0.15) is 0 Å². The first-order valence-corrected chi connectivity index (χ1v) is 11.0. The SMILES string of the molecule is CO[C@H](C)c1cc2cnc(Nc3ccc(N4CCNC[C@H]4C)nn3)nc2c(NC(C)C)n1. The number of nitrogens with zero attached hydrogens (tertiary/aromatic N) is 6. The van der Waals surface area contributed by atoms with Gasteiger partial charge in [0.25, 0.3) is 0 Å². The quantitative estimate of drug-likeness (QED) is 0.510. The second-order valence-corrected chi connectivity index (χ2v) is 8.35. The molecule has 1 aliphatic rings. The first kappa shape index (κ1) is 22.1. The Morgan fingerprint density at radius 1 is 1.19 bits per heavy atom. The van der Waals surface area contributed by atoms with Gasteiger partial charge in [-0.1, -0.05) is 0 Å². The molecule has 0 aromatic carbocycles. The molecule has 3 N–H and O–H groups in total. The van der Waals surface area contributed by atoms with Crippen molar-refractivity contribution in [1.82, 2.24) is 30.5 Å². The molecule has 0 aliphatic carbocycles. The zero-order valence-electron chi connectivity index (χ0n) is 19.3. The van der Waals surface area contributed by atoms with Crippen molar-refractivity contribution in [1.29, 1.82) is 0 Å². The topological polar surface area (TPSA) is 113 Å². The first-order valence-electron chi connectivity index (χ1n) is 11.0. The van der Waals surface area contributed by atoms with Crippen molar-refractivity contribution in [2.24, 2.45) is 0 Å². The van der Waals surface area contributed by atoms with Gasteiger partial charge in [-0.25, -0.2) is 15.0 Å². The van der Waals surface area contributed by atoms with Crippen molar-refractivity contribution >= 4 is 34.3 Å². The van der Waals surface area contributed by atoms with E-state index in [0.717, 1.165) is 42.0 Å². The lowest BCUT2D eigenvalue weighted by atomic mass is 10.2. The highest BCUT2D eigenvalue weighted by molar-refractivity contribution is 5.89. The maximum absolute atomic E-state index is 5.44. The summed E-state index contributed by atoms with van der Waals surface area (Å²) >= 11 is 0. The number of hydrogen-bond donors (Lipinski definition) is 3. The van der Waals surface area contributed by atoms with Crippen LogP contribution in [0.25, 0.3) is 10.9 Å². The summed E-state index contributed by atoms with van der Waals surface area (Å²) in [5.74, 6) is 2.61. The van der Waals surface area contributed by atoms with Gasteiger partial charge in [-0.05, 0) is 45.9 Å². The number of pyridine rings is 1.